The molecule has 1 saturated heterocycles. The topological polar surface area (TPSA) is 88.5 Å². The molecule has 1 aliphatic heterocycles. The number of aliphatic carboxylic acids is 1. The second kappa shape index (κ2) is 5.55. The summed E-state index contributed by atoms with van der Waals surface area (Å²) in [5.74, 6) is -1.54. The first-order chi connectivity index (χ1) is 9.34. The Morgan fingerprint density at radius 2 is 2.20 bits per heavy atom. The van der Waals surface area contributed by atoms with E-state index in [0.717, 1.165) is 0 Å². The fraction of sp³-hybridized carbons (Fsp3) is 0.417. The van der Waals surface area contributed by atoms with Gasteiger partial charge in [-0.2, -0.15) is 0 Å². The maximum absolute atomic E-state index is 12.1. The van der Waals surface area contributed by atoms with Gasteiger partial charge in [-0.3, -0.25) is 9.59 Å². The number of aromatic nitrogens is 1. The van der Waals surface area contributed by atoms with Gasteiger partial charge in [0.2, 0.25) is 0 Å². The number of halogens is 2. The van der Waals surface area contributed by atoms with Crippen molar-refractivity contribution in [3.63, 3.8) is 0 Å². The molecule has 108 valence electrons. The van der Waals surface area contributed by atoms with Crippen molar-refractivity contribution >= 4 is 35.1 Å². The largest absolute Gasteiger partial charge is 0.481 e. The minimum atomic E-state index is -1.16. The third-order valence-electron chi connectivity index (χ3n) is 3.31. The van der Waals surface area contributed by atoms with Crippen LogP contribution in [0.25, 0.3) is 0 Å². The van der Waals surface area contributed by atoms with E-state index < -0.39 is 23.3 Å². The van der Waals surface area contributed by atoms with Crippen LogP contribution in [0, 0.1) is 5.41 Å². The second-order valence-electron chi connectivity index (χ2n) is 4.74. The van der Waals surface area contributed by atoms with Crippen LogP contribution in [0.15, 0.2) is 12.1 Å². The third kappa shape index (κ3) is 2.72. The highest BCUT2D eigenvalue weighted by Gasteiger charge is 2.47. The van der Waals surface area contributed by atoms with E-state index >= 15 is 0 Å². The van der Waals surface area contributed by atoms with Crippen LogP contribution in [0.4, 0.5) is 0 Å². The molecule has 20 heavy (non-hydrogen) atoms. The molecule has 0 bridgehead atoms. The number of hydrogen-bond donors (Lipinski definition) is 2. The van der Waals surface area contributed by atoms with Gasteiger partial charge in [0.1, 0.15) is 15.7 Å². The van der Waals surface area contributed by atoms with E-state index in [1.807, 2.05) is 0 Å². The lowest BCUT2D eigenvalue weighted by Crippen LogP contribution is -2.49. The first-order valence-corrected chi connectivity index (χ1v) is 6.54. The Labute approximate surface area is 125 Å². The van der Waals surface area contributed by atoms with E-state index in [2.05, 4.69) is 10.3 Å². The van der Waals surface area contributed by atoms with Crippen LogP contribution < -0.4 is 5.32 Å². The van der Waals surface area contributed by atoms with Crippen LogP contribution in [0.2, 0.25) is 10.3 Å². The quantitative estimate of drug-likeness (QED) is 0.826. The Morgan fingerprint density at radius 1 is 1.50 bits per heavy atom. The standard InChI is InChI=1S/C12H12Cl2N2O4/c1-12(11(18)19)5-20-4-7(12)15-10(17)6-2-3-8(13)16-9(6)14/h2-3,7H,4-5H2,1H3,(H,15,17)(H,18,19). The van der Waals surface area contributed by atoms with Crippen molar-refractivity contribution in [3.8, 4) is 0 Å². The number of carboxylic acid groups (broad SMARTS) is 1. The number of carboxylic acids is 1. The number of nitrogens with zero attached hydrogens (tertiary/aromatic N) is 1. The van der Waals surface area contributed by atoms with Gasteiger partial charge in [0.15, 0.2) is 0 Å². The molecule has 2 unspecified atom stereocenters. The predicted molar refractivity (Wildman–Crippen MR) is 72.1 cm³/mol. The summed E-state index contributed by atoms with van der Waals surface area (Å²) < 4.78 is 5.15. The minimum Gasteiger partial charge on any atom is -0.481 e. The van der Waals surface area contributed by atoms with E-state index in [4.69, 9.17) is 27.9 Å². The molecular weight excluding hydrogens is 307 g/mol. The molecule has 8 heteroatoms. The van der Waals surface area contributed by atoms with Gasteiger partial charge in [-0.05, 0) is 19.1 Å². The zero-order valence-corrected chi connectivity index (χ0v) is 12.0. The van der Waals surface area contributed by atoms with Gasteiger partial charge < -0.3 is 15.2 Å². The van der Waals surface area contributed by atoms with Gasteiger partial charge >= 0.3 is 5.97 Å². The number of amides is 1. The molecule has 0 spiro atoms. The van der Waals surface area contributed by atoms with E-state index in [1.54, 1.807) is 0 Å². The maximum Gasteiger partial charge on any atom is 0.313 e. The first-order valence-electron chi connectivity index (χ1n) is 5.78. The SMILES string of the molecule is CC1(C(=O)O)COCC1NC(=O)c1ccc(Cl)nc1Cl. The van der Waals surface area contributed by atoms with E-state index in [0.29, 0.717) is 0 Å². The molecule has 6 nitrogen and oxygen atoms in total. The molecule has 2 rings (SSSR count). The van der Waals surface area contributed by atoms with E-state index in [9.17, 15) is 14.7 Å². The summed E-state index contributed by atoms with van der Waals surface area (Å²) in [6, 6.07) is 2.23. The van der Waals surface area contributed by atoms with Gasteiger partial charge in [0.25, 0.3) is 5.91 Å². The number of hydrogen-bond acceptors (Lipinski definition) is 4. The van der Waals surface area contributed by atoms with Crippen molar-refractivity contribution in [2.24, 2.45) is 5.41 Å². The van der Waals surface area contributed by atoms with Crippen LogP contribution >= 0.6 is 23.2 Å². The highest BCUT2D eigenvalue weighted by molar-refractivity contribution is 6.34. The lowest BCUT2D eigenvalue weighted by Gasteiger charge is -2.25. The number of carbonyl (C=O) groups is 2. The molecule has 2 atom stereocenters. The third-order valence-corrected chi connectivity index (χ3v) is 3.81. The maximum atomic E-state index is 12.1. The Hall–Kier alpha value is -1.37. The minimum absolute atomic E-state index is 0.0362. The second-order valence-corrected chi connectivity index (χ2v) is 5.48. The average molecular weight is 319 g/mol. The Bertz CT molecular complexity index is 566. The Morgan fingerprint density at radius 3 is 2.80 bits per heavy atom. The summed E-state index contributed by atoms with van der Waals surface area (Å²) in [5, 5.41) is 12.0. The fourth-order valence-corrected chi connectivity index (χ4v) is 2.33. The van der Waals surface area contributed by atoms with Gasteiger partial charge in [-0.1, -0.05) is 23.2 Å². The number of rotatable bonds is 3. The lowest BCUT2D eigenvalue weighted by molar-refractivity contribution is -0.148. The molecule has 1 fully saturated rings. The van der Waals surface area contributed by atoms with Crippen LogP contribution in [0.5, 0.6) is 0 Å². The molecule has 1 aliphatic rings. The summed E-state index contributed by atoms with van der Waals surface area (Å²) in [5.41, 5.74) is -1.03. The molecule has 0 saturated carbocycles. The molecular formula is C12H12Cl2N2O4. The first kappa shape index (κ1) is 15.0. The van der Waals surface area contributed by atoms with Crippen molar-refractivity contribution in [3.05, 3.63) is 28.0 Å². The highest BCUT2D eigenvalue weighted by atomic mass is 35.5. The smallest absolute Gasteiger partial charge is 0.313 e. The van der Waals surface area contributed by atoms with Crippen LogP contribution in [-0.2, 0) is 9.53 Å². The molecule has 2 heterocycles. The number of nitrogens with one attached hydrogen (secondary N) is 1. The monoisotopic (exact) mass is 318 g/mol. The number of carbonyl (C=O) groups excluding carboxylic acids is 1. The van der Waals surface area contributed by atoms with Crippen molar-refractivity contribution in [2.45, 2.75) is 13.0 Å². The molecule has 1 aromatic rings. The summed E-state index contributed by atoms with van der Waals surface area (Å²) >= 11 is 11.5. The van der Waals surface area contributed by atoms with Crippen molar-refractivity contribution in [2.75, 3.05) is 13.2 Å². The zero-order chi connectivity index (χ0) is 14.9. The molecule has 1 amide bonds. The van der Waals surface area contributed by atoms with Crippen LogP contribution in [-0.4, -0.2) is 41.2 Å². The predicted octanol–water partition coefficient (Wildman–Crippen LogP) is 1.61. The van der Waals surface area contributed by atoms with Crippen LogP contribution in [0.3, 0.4) is 0 Å². The lowest BCUT2D eigenvalue weighted by atomic mass is 9.85. The summed E-state index contributed by atoms with van der Waals surface area (Å²) in [6.07, 6.45) is 0. The van der Waals surface area contributed by atoms with Crippen LogP contribution in [0.1, 0.15) is 17.3 Å². The van der Waals surface area contributed by atoms with E-state index in [1.165, 1.54) is 19.1 Å². The van der Waals surface area contributed by atoms with Gasteiger partial charge in [0.05, 0.1) is 24.8 Å². The number of pyridine rings is 1. The Balaban J connectivity index is 2.17. The molecule has 2 N–H and O–H groups in total. The number of ether oxygens (including phenoxy) is 1. The summed E-state index contributed by atoms with van der Waals surface area (Å²) in [7, 11) is 0. The molecule has 0 aliphatic carbocycles. The molecule has 0 radical (unpaired) electrons. The zero-order valence-electron chi connectivity index (χ0n) is 10.5. The normalized spacial score (nSPS) is 25.4. The van der Waals surface area contributed by atoms with Gasteiger partial charge in [-0.15, -0.1) is 0 Å². The van der Waals surface area contributed by atoms with Crippen molar-refractivity contribution in [1.29, 1.82) is 0 Å². The summed E-state index contributed by atoms with van der Waals surface area (Å²) in [6.45, 7) is 1.70. The average Bonchev–Trinajstić information content (AvgIpc) is 2.72. The Kier molecular flexibility index (Phi) is 4.17. The fourth-order valence-electron chi connectivity index (χ4n) is 1.90. The van der Waals surface area contributed by atoms with Gasteiger partial charge in [-0.25, -0.2) is 4.98 Å². The van der Waals surface area contributed by atoms with Crippen molar-refractivity contribution in [1.82, 2.24) is 10.3 Å². The highest BCUT2D eigenvalue weighted by Crippen LogP contribution is 2.29. The molecule has 1 aromatic heterocycles. The van der Waals surface area contributed by atoms with E-state index in [-0.39, 0.29) is 29.1 Å². The van der Waals surface area contributed by atoms with Gasteiger partial charge in [0, 0.05) is 0 Å². The van der Waals surface area contributed by atoms with Crippen molar-refractivity contribution < 1.29 is 19.4 Å². The molecule has 0 aromatic carbocycles. The summed E-state index contributed by atoms with van der Waals surface area (Å²) in [4.78, 5) is 27.2.